The van der Waals surface area contributed by atoms with Crippen LogP contribution in [-0.2, 0) is 0 Å². The minimum Gasteiger partial charge on any atom is -0.316 e. The quantitative estimate of drug-likeness (QED) is 0.645. The summed E-state index contributed by atoms with van der Waals surface area (Å²) in [5.74, 6) is 0.925. The predicted octanol–water partition coefficient (Wildman–Crippen LogP) is 2.54. The zero-order valence-corrected chi connectivity index (χ0v) is 10.7. The van der Waals surface area contributed by atoms with E-state index >= 15 is 0 Å². The maximum absolute atomic E-state index is 3.46. The summed E-state index contributed by atoms with van der Waals surface area (Å²) in [6.45, 7) is 10.5. The second kappa shape index (κ2) is 6.49. The Balaban J connectivity index is 0.000000151. The van der Waals surface area contributed by atoms with E-state index in [0.29, 0.717) is 5.54 Å². The van der Waals surface area contributed by atoms with Crippen molar-refractivity contribution in [3.05, 3.63) is 0 Å². The molecule has 0 spiro atoms. The Morgan fingerprint density at radius 1 is 1.07 bits per heavy atom. The van der Waals surface area contributed by atoms with E-state index in [-0.39, 0.29) is 0 Å². The van der Waals surface area contributed by atoms with E-state index in [2.05, 4.69) is 31.4 Å². The molecule has 2 fully saturated rings. The highest BCUT2D eigenvalue weighted by Gasteiger charge is 2.18. The average molecular weight is 212 g/mol. The summed E-state index contributed by atoms with van der Waals surface area (Å²) in [6.07, 6.45) is 6.91. The van der Waals surface area contributed by atoms with Crippen molar-refractivity contribution in [2.24, 2.45) is 5.92 Å². The molecule has 2 aliphatic heterocycles. The third-order valence-electron chi connectivity index (χ3n) is 3.38. The number of nitrogens with one attached hydrogen (secondary N) is 2. The number of piperidine rings is 2. The van der Waals surface area contributed by atoms with E-state index in [9.17, 15) is 0 Å². The second-order valence-corrected chi connectivity index (χ2v) is 5.72. The smallest absolute Gasteiger partial charge is 0.0125 e. The Labute approximate surface area is 95.2 Å². The molecule has 0 aliphatic carbocycles. The molecule has 2 heterocycles. The lowest BCUT2D eigenvalue weighted by Crippen LogP contribution is -2.42. The molecule has 0 aromatic rings. The third-order valence-corrected chi connectivity index (χ3v) is 3.38. The van der Waals surface area contributed by atoms with E-state index in [4.69, 9.17) is 0 Å². The lowest BCUT2D eigenvalue weighted by Gasteiger charge is -2.30. The predicted molar refractivity (Wildman–Crippen MR) is 67.2 cm³/mol. The van der Waals surface area contributed by atoms with E-state index in [1.54, 1.807) is 0 Å². The summed E-state index contributed by atoms with van der Waals surface area (Å²) < 4.78 is 0. The Bertz CT molecular complexity index is 152. The van der Waals surface area contributed by atoms with Gasteiger partial charge < -0.3 is 10.6 Å². The molecule has 2 saturated heterocycles. The molecule has 90 valence electrons. The van der Waals surface area contributed by atoms with Crippen LogP contribution in [-0.4, -0.2) is 25.2 Å². The van der Waals surface area contributed by atoms with Crippen LogP contribution in [0.4, 0.5) is 0 Å². The SMILES string of the molecule is CC1(C)CCCCN1.CC1CCCNC1. The standard InChI is InChI=1S/C7H15N.C6H13N/c1-7(2)5-3-4-6-8-7;1-6-3-2-4-7-5-6/h8H,3-6H2,1-2H3;6-7H,2-5H2,1H3. The van der Waals surface area contributed by atoms with Gasteiger partial charge in [0.05, 0.1) is 0 Å². The fourth-order valence-corrected chi connectivity index (χ4v) is 2.23. The first-order valence-corrected chi connectivity index (χ1v) is 6.56. The zero-order chi connectivity index (χ0) is 11.1. The highest BCUT2D eigenvalue weighted by Crippen LogP contribution is 2.16. The van der Waals surface area contributed by atoms with Crippen molar-refractivity contribution in [2.45, 2.75) is 58.4 Å². The largest absolute Gasteiger partial charge is 0.316 e. The van der Waals surface area contributed by atoms with E-state index in [0.717, 1.165) is 5.92 Å². The van der Waals surface area contributed by atoms with Gasteiger partial charge in [-0.1, -0.05) is 13.3 Å². The van der Waals surface area contributed by atoms with E-state index < -0.39 is 0 Å². The lowest BCUT2D eigenvalue weighted by molar-refractivity contribution is 0.304. The van der Waals surface area contributed by atoms with Crippen molar-refractivity contribution >= 4 is 0 Å². The van der Waals surface area contributed by atoms with Crippen molar-refractivity contribution in [1.82, 2.24) is 10.6 Å². The maximum atomic E-state index is 3.46. The lowest BCUT2D eigenvalue weighted by atomic mass is 9.93. The van der Waals surface area contributed by atoms with Crippen LogP contribution < -0.4 is 10.6 Å². The first kappa shape index (κ1) is 13.0. The Hall–Kier alpha value is -0.0800. The summed E-state index contributed by atoms with van der Waals surface area (Å²) in [4.78, 5) is 0. The molecule has 1 unspecified atom stereocenters. The normalized spacial score (nSPS) is 30.2. The molecule has 2 N–H and O–H groups in total. The summed E-state index contributed by atoms with van der Waals surface area (Å²) >= 11 is 0. The minimum atomic E-state index is 0.429. The molecule has 0 aromatic heterocycles. The molecule has 0 aromatic carbocycles. The molecule has 0 saturated carbocycles. The molecule has 0 amide bonds. The molecule has 2 heteroatoms. The van der Waals surface area contributed by atoms with E-state index in [1.165, 1.54) is 51.7 Å². The van der Waals surface area contributed by atoms with Crippen LogP contribution in [0.15, 0.2) is 0 Å². The molecular weight excluding hydrogens is 184 g/mol. The van der Waals surface area contributed by atoms with Crippen LogP contribution in [0.3, 0.4) is 0 Å². The van der Waals surface area contributed by atoms with Crippen molar-refractivity contribution in [3.8, 4) is 0 Å². The van der Waals surface area contributed by atoms with E-state index in [1.807, 2.05) is 0 Å². The number of rotatable bonds is 0. The van der Waals surface area contributed by atoms with Gasteiger partial charge in [-0.15, -0.1) is 0 Å². The van der Waals surface area contributed by atoms with Gasteiger partial charge in [0.1, 0.15) is 0 Å². The van der Waals surface area contributed by atoms with Gasteiger partial charge in [0.25, 0.3) is 0 Å². The van der Waals surface area contributed by atoms with Gasteiger partial charge in [0, 0.05) is 5.54 Å². The molecule has 2 rings (SSSR count). The summed E-state index contributed by atoms with van der Waals surface area (Å²) in [7, 11) is 0. The third kappa shape index (κ3) is 6.16. The topological polar surface area (TPSA) is 24.1 Å². The van der Waals surface area contributed by atoms with Gasteiger partial charge >= 0.3 is 0 Å². The fraction of sp³-hybridized carbons (Fsp3) is 1.00. The summed E-state index contributed by atoms with van der Waals surface area (Å²) in [5.41, 5.74) is 0.429. The zero-order valence-electron chi connectivity index (χ0n) is 10.7. The first-order valence-electron chi connectivity index (χ1n) is 6.56. The monoisotopic (exact) mass is 212 g/mol. The van der Waals surface area contributed by atoms with Gasteiger partial charge in [0.15, 0.2) is 0 Å². The summed E-state index contributed by atoms with van der Waals surface area (Å²) in [6, 6.07) is 0. The number of hydrogen-bond acceptors (Lipinski definition) is 2. The van der Waals surface area contributed by atoms with Crippen LogP contribution >= 0.6 is 0 Å². The van der Waals surface area contributed by atoms with Gasteiger partial charge in [-0.25, -0.2) is 0 Å². The Morgan fingerprint density at radius 2 is 1.87 bits per heavy atom. The average Bonchev–Trinajstić information content (AvgIpc) is 2.19. The highest BCUT2D eigenvalue weighted by atomic mass is 15.0. The first-order chi connectivity index (χ1) is 7.10. The van der Waals surface area contributed by atoms with Crippen LogP contribution in [0.1, 0.15) is 52.9 Å². The minimum absolute atomic E-state index is 0.429. The Morgan fingerprint density at radius 3 is 2.13 bits per heavy atom. The van der Waals surface area contributed by atoms with Crippen LogP contribution in [0.2, 0.25) is 0 Å². The van der Waals surface area contributed by atoms with Gasteiger partial charge in [-0.2, -0.15) is 0 Å². The van der Waals surface area contributed by atoms with Crippen LogP contribution in [0.25, 0.3) is 0 Å². The van der Waals surface area contributed by atoms with Gasteiger partial charge in [-0.3, -0.25) is 0 Å². The molecule has 0 radical (unpaired) electrons. The summed E-state index contributed by atoms with van der Waals surface area (Å²) in [5, 5.41) is 6.79. The van der Waals surface area contributed by atoms with Crippen LogP contribution in [0, 0.1) is 5.92 Å². The maximum Gasteiger partial charge on any atom is 0.0125 e. The van der Waals surface area contributed by atoms with Crippen molar-refractivity contribution in [3.63, 3.8) is 0 Å². The second-order valence-electron chi connectivity index (χ2n) is 5.72. The molecule has 0 bridgehead atoms. The Kier molecular flexibility index (Phi) is 5.62. The van der Waals surface area contributed by atoms with Crippen LogP contribution in [0.5, 0.6) is 0 Å². The van der Waals surface area contributed by atoms with Crippen molar-refractivity contribution < 1.29 is 0 Å². The molecule has 2 nitrogen and oxygen atoms in total. The van der Waals surface area contributed by atoms with Gasteiger partial charge in [-0.05, 0) is 65.1 Å². The molecule has 15 heavy (non-hydrogen) atoms. The van der Waals surface area contributed by atoms with Crippen molar-refractivity contribution in [2.75, 3.05) is 19.6 Å². The van der Waals surface area contributed by atoms with Crippen molar-refractivity contribution in [1.29, 1.82) is 0 Å². The molecular formula is C13H28N2. The highest BCUT2D eigenvalue weighted by molar-refractivity contribution is 4.80. The molecule has 1 atom stereocenters. The number of hydrogen-bond donors (Lipinski definition) is 2. The van der Waals surface area contributed by atoms with Gasteiger partial charge in [0.2, 0.25) is 0 Å². The molecule has 2 aliphatic rings. The fourth-order valence-electron chi connectivity index (χ4n) is 2.23.